The van der Waals surface area contributed by atoms with Crippen molar-refractivity contribution >= 4 is 0 Å². The van der Waals surface area contributed by atoms with E-state index in [0.717, 1.165) is 26.1 Å². The zero-order valence-corrected chi connectivity index (χ0v) is 8.55. The minimum atomic E-state index is 0.329. The molecule has 0 aliphatic carbocycles. The van der Waals surface area contributed by atoms with Crippen LogP contribution in [0.5, 0.6) is 0 Å². The van der Waals surface area contributed by atoms with E-state index in [2.05, 4.69) is 17.6 Å². The van der Waals surface area contributed by atoms with Gasteiger partial charge in [0, 0.05) is 25.7 Å². The molecule has 0 aromatic carbocycles. The molecule has 1 aliphatic heterocycles. The predicted octanol–water partition coefficient (Wildman–Crippen LogP) is 0.346. The number of nitrogens with one attached hydrogen (secondary N) is 2. The molecular formula is C10H22N2O. The fourth-order valence-electron chi connectivity index (χ4n) is 1.71. The van der Waals surface area contributed by atoms with Crippen LogP contribution in [0.15, 0.2) is 0 Å². The molecule has 0 spiro atoms. The van der Waals surface area contributed by atoms with Gasteiger partial charge in [-0.05, 0) is 25.3 Å². The van der Waals surface area contributed by atoms with E-state index in [1.807, 2.05) is 0 Å². The van der Waals surface area contributed by atoms with Crippen molar-refractivity contribution in [1.82, 2.24) is 10.6 Å². The van der Waals surface area contributed by atoms with Crippen molar-refractivity contribution < 1.29 is 5.11 Å². The molecule has 3 nitrogen and oxygen atoms in total. The second-order valence-corrected chi connectivity index (χ2v) is 3.93. The van der Waals surface area contributed by atoms with E-state index in [9.17, 15) is 0 Å². The Bertz CT molecular complexity index is 120. The summed E-state index contributed by atoms with van der Waals surface area (Å²) in [6, 6.07) is 0.679. The van der Waals surface area contributed by atoms with Crippen molar-refractivity contribution in [2.75, 3.05) is 26.2 Å². The van der Waals surface area contributed by atoms with E-state index in [1.54, 1.807) is 0 Å². The Morgan fingerprint density at radius 2 is 2.23 bits per heavy atom. The van der Waals surface area contributed by atoms with Crippen LogP contribution in [0.3, 0.4) is 0 Å². The highest BCUT2D eigenvalue weighted by molar-refractivity contribution is 4.82. The van der Waals surface area contributed by atoms with Gasteiger partial charge in [0.25, 0.3) is 0 Å². The molecule has 78 valence electrons. The van der Waals surface area contributed by atoms with Crippen molar-refractivity contribution in [2.24, 2.45) is 5.92 Å². The van der Waals surface area contributed by atoms with Crippen LogP contribution >= 0.6 is 0 Å². The van der Waals surface area contributed by atoms with Crippen LogP contribution in [0.2, 0.25) is 0 Å². The van der Waals surface area contributed by atoms with Crippen LogP contribution in [-0.4, -0.2) is 37.4 Å². The fraction of sp³-hybridized carbons (Fsp3) is 1.00. The number of hydrogen-bond acceptors (Lipinski definition) is 3. The average molecular weight is 186 g/mol. The summed E-state index contributed by atoms with van der Waals surface area (Å²) in [6.07, 6.45) is 3.39. The summed E-state index contributed by atoms with van der Waals surface area (Å²) in [5.41, 5.74) is 0. The minimum absolute atomic E-state index is 0.329. The van der Waals surface area contributed by atoms with Crippen molar-refractivity contribution in [3.8, 4) is 0 Å². The van der Waals surface area contributed by atoms with E-state index < -0.39 is 0 Å². The molecule has 1 saturated heterocycles. The summed E-state index contributed by atoms with van der Waals surface area (Å²) in [5, 5.41) is 15.6. The van der Waals surface area contributed by atoms with Crippen molar-refractivity contribution in [3.05, 3.63) is 0 Å². The van der Waals surface area contributed by atoms with Crippen LogP contribution < -0.4 is 10.6 Å². The maximum atomic E-state index is 8.86. The first-order valence-corrected chi connectivity index (χ1v) is 5.41. The first kappa shape index (κ1) is 11.0. The van der Waals surface area contributed by atoms with Gasteiger partial charge in [-0.25, -0.2) is 0 Å². The SMILES string of the molecule is CCCC(CCO)CNC1CNC1. The third-order valence-corrected chi connectivity index (χ3v) is 2.71. The molecule has 1 unspecified atom stereocenters. The molecule has 0 saturated carbocycles. The molecule has 1 heterocycles. The molecular weight excluding hydrogens is 164 g/mol. The largest absolute Gasteiger partial charge is 0.396 e. The highest BCUT2D eigenvalue weighted by atomic mass is 16.3. The second-order valence-electron chi connectivity index (χ2n) is 3.93. The Morgan fingerprint density at radius 1 is 1.46 bits per heavy atom. The lowest BCUT2D eigenvalue weighted by molar-refractivity contribution is 0.239. The molecule has 1 atom stereocenters. The van der Waals surface area contributed by atoms with Gasteiger partial charge < -0.3 is 15.7 Å². The Morgan fingerprint density at radius 3 is 2.69 bits per heavy atom. The second kappa shape index (κ2) is 6.35. The molecule has 13 heavy (non-hydrogen) atoms. The molecule has 1 fully saturated rings. The molecule has 3 heteroatoms. The molecule has 0 bridgehead atoms. The maximum Gasteiger partial charge on any atom is 0.0434 e. The van der Waals surface area contributed by atoms with Gasteiger partial charge in [-0.2, -0.15) is 0 Å². The van der Waals surface area contributed by atoms with Gasteiger partial charge in [0.1, 0.15) is 0 Å². The van der Waals surface area contributed by atoms with Crippen LogP contribution in [0.4, 0.5) is 0 Å². The first-order valence-electron chi connectivity index (χ1n) is 5.41. The Labute approximate surface area is 80.9 Å². The van der Waals surface area contributed by atoms with Gasteiger partial charge in [-0.3, -0.25) is 0 Å². The smallest absolute Gasteiger partial charge is 0.0434 e. The van der Waals surface area contributed by atoms with Gasteiger partial charge in [0.05, 0.1) is 0 Å². The lowest BCUT2D eigenvalue weighted by atomic mass is 9.99. The van der Waals surface area contributed by atoms with Crippen LogP contribution in [0.1, 0.15) is 26.2 Å². The topological polar surface area (TPSA) is 44.3 Å². The van der Waals surface area contributed by atoms with E-state index >= 15 is 0 Å². The summed E-state index contributed by atoms with van der Waals surface area (Å²) in [7, 11) is 0. The standard InChI is InChI=1S/C10H22N2O/c1-2-3-9(4-5-13)6-12-10-7-11-8-10/h9-13H,2-8H2,1H3. The Hall–Kier alpha value is -0.120. The molecule has 1 rings (SSSR count). The number of rotatable bonds is 7. The van der Waals surface area contributed by atoms with E-state index in [1.165, 1.54) is 12.8 Å². The van der Waals surface area contributed by atoms with E-state index in [0.29, 0.717) is 18.6 Å². The van der Waals surface area contributed by atoms with Gasteiger partial charge in [-0.15, -0.1) is 0 Å². The van der Waals surface area contributed by atoms with Gasteiger partial charge in [-0.1, -0.05) is 13.3 Å². The zero-order valence-electron chi connectivity index (χ0n) is 8.55. The van der Waals surface area contributed by atoms with Crippen molar-refractivity contribution in [1.29, 1.82) is 0 Å². The molecule has 3 N–H and O–H groups in total. The third-order valence-electron chi connectivity index (χ3n) is 2.71. The van der Waals surface area contributed by atoms with Crippen LogP contribution in [0.25, 0.3) is 0 Å². The van der Waals surface area contributed by atoms with E-state index in [4.69, 9.17) is 5.11 Å². The molecule has 0 aromatic rings. The Kier molecular flexibility index (Phi) is 5.35. The minimum Gasteiger partial charge on any atom is -0.396 e. The van der Waals surface area contributed by atoms with Crippen LogP contribution in [0, 0.1) is 5.92 Å². The Balaban J connectivity index is 2.05. The third kappa shape index (κ3) is 4.07. The molecule has 0 amide bonds. The van der Waals surface area contributed by atoms with Crippen molar-refractivity contribution in [2.45, 2.75) is 32.2 Å². The number of aliphatic hydroxyl groups excluding tert-OH is 1. The maximum absolute atomic E-state index is 8.86. The molecule has 0 aromatic heterocycles. The fourth-order valence-corrected chi connectivity index (χ4v) is 1.71. The van der Waals surface area contributed by atoms with Crippen LogP contribution in [-0.2, 0) is 0 Å². The van der Waals surface area contributed by atoms with Crippen molar-refractivity contribution in [3.63, 3.8) is 0 Å². The predicted molar refractivity (Wildman–Crippen MR) is 54.8 cm³/mol. The first-order chi connectivity index (χ1) is 6.36. The number of aliphatic hydroxyl groups is 1. The lowest BCUT2D eigenvalue weighted by Crippen LogP contribution is -2.56. The molecule has 0 radical (unpaired) electrons. The quantitative estimate of drug-likeness (QED) is 0.537. The summed E-state index contributed by atoms with van der Waals surface area (Å²) in [5.74, 6) is 0.663. The summed E-state index contributed by atoms with van der Waals surface area (Å²) >= 11 is 0. The van der Waals surface area contributed by atoms with Gasteiger partial charge in [0.2, 0.25) is 0 Å². The van der Waals surface area contributed by atoms with E-state index in [-0.39, 0.29) is 0 Å². The lowest BCUT2D eigenvalue weighted by Gasteiger charge is -2.30. The van der Waals surface area contributed by atoms with Gasteiger partial charge >= 0.3 is 0 Å². The average Bonchev–Trinajstić information content (AvgIpc) is 2.02. The highest BCUT2D eigenvalue weighted by Gasteiger charge is 2.17. The summed E-state index contributed by atoms with van der Waals surface area (Å²) in [6.45, 7) is 5.82. The number of hydrogen-bond donors (Lipinski definition) is 3. The molecule has 1 aliphatic rings. The van der Waals surface area contributed by atoms with Gasteiger partial charge in [0.15, 0.2) is 0 Å². The monoisotopic (exact) mass is 186 g/mol. The zero-order chi connectivity index (χ0) is 9.52. The highest BCUT2D eigenvalue weighted by Crippen LogP contribution is 2.09. The summed E-state index contributed by atoms with van der Waals surface area (Å²) < 4.78 is 0. The normalized spacial score (nSPS) is 19.8. The summed E-state index contributed by atoms with van der Waals surface area (Å²) in [4.78, 5) is 0.